The predicted octanol–water partition coefficient (Wildman–Crippen LogP) is 4.19. The second-order valence-corrected chi connectivity index (χ2v) is 4.42. The molecule has 2 heterocycles. The van der Waals surface area contributed by atoms with Gasteiger partial charge in [0.15, 0.2) is 12.4 Å². The molecule has 0 aliphatic heterocycles. The van der Waals surface area contributed by atoms with Crippen molar-refractivity contribution < 1.29 is 4.57 Å². The molecule has 0 aliphatic carbocycles. The zero-order valence-electron chi connectivity index (χ0n) is 12.3. The fraction of sp³-hybridized carbons (Fsp3) is 0.167. The number of fused-ring (bicyclic) bond motifs is 1. The monoisotopic (exact) mass is 265 g/mol. The van der Waals surface area contributed by atoms with E-state index in [9.17, 15) is 0 Å². The SMILES string of the molecule is CC.C[n+]1ccc(/C=C/c2c[nH]c3ccccc23)cc1. The molecule has 1 aromatic carbocycles. The maximum absolute atomic E-state index is 3.28. The highest BCUT2D eigenvalue weighted by molar-refractivity contribution is 5.91. The Balaban J connectivity index is 0.000000704. The second kappa shape index (κ2) is 6.71. The van der Waals surface area contributed by atoms with Gasteiger partial charge in [-0.3, -0.25) is 0 Å². The maximum Gasteiger partial charge on any atom is 0.169 e. The summed E-state index contributed by atoms with van der Waals surface area (Å²) in [5.41, 5.74) is 3.61. The maximum atomic E-state index is 3.28. The highest BCUT2D eigenvalue weighted by Crippen LogP contribution is 2.19. The van der Waals surface area contributed by atoms with Gasteiger partial charge in [0.05, 0.1) is 0 Å². The summed E-state index contributed by atoms with van der Waals surface area (Å²) in [6.45, 7) is 4.00. The van der Waals surface area contributed by atoms with Crippen LogP contribution < -0.4 is 4.57 Å². The number of rotatable bonds is 2. The quantitative estimate of drug-likeness (QED) is 0.670. The molecule has 20 heavy (non-hydrogen) atoms. The summed E-state index contributed by atoms with van der Waals surface area (Å²) in [5.74, 6) is 0. The van der Waals surface area contributed by atoms with Crippen molar-refractivity contribution in [3.63, 3.8) is 0 Å². The molecule has 0 fully saturated rings. The lowest BCUT2D eigenvalue weighted by Crippen LogP contribution is -2.25. The van der Waals surface area contributed by atoms with Gasteiger partial charge in [0.2, 0.25) is 0 Å². The number of H-pyrrole nitrogens is 1. The van der Waals surface area contributed by atoms with Gasteiger partial charge >= 0.3 is 0 Å². The van der Waals surface area contributed by atoms with Gasteiger partial charge in [0.25, 0.3) is 0 Å². The molecule has 0 spiro atoms. The van der Waals surface area contributed by atoms with E-state index in [4.69, 9.17) is 0 Å². The van der Waals surface area contributed by atoms with Gasteiger partial charge in [-0.1, -0.05) is 44.2 Å². The van der Waals surface area contributed by atoms with Gasteiger partial charge < -0.3 is 4.98 Å². The standard InChI is InChI=1S/C16H14N2.C2H6/c1-18-10-8-13(9-11-18)6-7-14-12-17-16-5-3-2-4-15(14)16;1-2/h2-12H,1H3;1-2H3/p+1. The molecule has 2 nitrogen and oxygen atoms in total. The second-order valence-electron chi connectivity index (χ2n) is 4.42. The van der Waals surface area contributed by atoms with E-state index in [0.717, 1.165) is 0 Å². The number of aromatic nitrogens is 2. The van der Waals surface area contributed by atoms with Crippen LogP contribution in [-0.4, -0.2) is 4.98 Å². The molecule has 0 unspecified atom stereocenters. The van der Waals surface area contributed by atoms with Crippen molar-refractivity contribution in [2.24, 2.45) is 7.05 Å². The number of hydrogen-bond donors (Lipinski definition) is 1. The van der Waals surface area contributed by atoms with Crippen LogP contribution in [0.4, 0.5) is 0 Å². The number of aromatic amines is 1. The average Bonchev–Trinajstić information content (AvgIpc) is 2.92. The van der Waals surface area contributed by atoms with Crippen LogP contribution in [0.3, 0.4) is 0 Å². The predicted molar refractivity (Wildman–Crippen MR) is 86.2 cm³/mol. The summed E-state index contributed by atoms with van der Waals surface area (Å²) in [6.07, 6.45) is 10.4. The lowest BCUT2D eigenvalue weighted by atomic mass is 10.1. The third-order valence-electron chi connectivity index (χ3n) is 3.08. The Labute approximate surface area is 120 Å². The van der Waals surface area contributed by atoms with Crippen molar-refractivity contribution in [1.29, 1.82) is 0 Å². The molecule has 0 saturated heterocycles. The van der Waals surface area contributed by atoms with E-state index in [2.05, 4.69) is 59.9 Å². The zero-order valence-corrected chi connectivity index (χ0v) is 12.3. The van der Waals surface area contributed by atoms with Gasteiger partial charge in [-0.2, -0.15) is 0 Å². The Morgan fingerprint density at radius 1 is 0.950 bits per heavy atom. The summed E-state index contributed by atoms with van der Waals surface area (Å²) >= 11 is 0. The van der Waals surface area contributed by atoms with Gasteiger partial charge in [-0.05, 0) is 17.2 Å². The lowest BCUT2D eigenvalue weighted by molar-refractivity contribution is -0.671. The Morgan fingerprint density at radius 2 is 1.65 bits per heavy atom. The van der Waals surface area contributed by atoms with Crippen molar-refractivity contribution in [2.45, 2.75) is 13.8 Å². The van der Waals surface area contributed by atoms with Gasteiger partial charge in [0, 0.05) is 29.2 Å². The molecular weight excluding hydrogens is 244 g/mol. The Hall–Kier alpha value is -2.35. The molecule has 2 heteroatoms. The number of nitrogens with one attached hydrogen (secondary N) is 1. The third kappa shape index (κ3) is 3.15. The molecule has 102 valence electrons. The fourth-order valence-corrected chi connectivity index (χ4v) is 2.04. The molecule has 3 rings (SSSR count). The van der Waals surface area contributed by atoms with Crippen molar-refractivity contribution in [3.8, 4) is 0 Å². The molecule has 1 N–H and O–H groups in total. The van der Waals surface area contributed by atoms with Crippen LogP contribution in [0, 0.1) is 0 Å². The van der Waals surface area contributed by atoms with Gasteiger partial charge in [0.1, 0.15) is 7.05 Å². The normalized spacial score (nSPS) is 10.6. The number of pyridine rings is 1. The number of benzene rings is 1. The summed E-state index contributed by atoms with van der Waals surface area (Å²) in [4.78, 5) is 3.28. The van der Waals surface area contributed by atoms with Crippen molar-refractivity contribution in [1.82, 2.24) is 4.98 Å². The van der Waals surface area contributed by atoms with E-state index >= 15 is 0 Å². The first-order valence-electron chi connectivity index (χ1n) is 7.02. The van der Waals surface area contributed by atoms with Crippen LogP contribution in [0.25, 0.3) is 23.1 Å². The van der Waals surface area contributed by atoms with E-state index in [0.29, 0.717) is 0 Å². The molecule has 0 aliphatic rings. The Bertz CT molecular complexity index is 691. The molecular formula is C18H21N2+. The third-order valence-corrected chi connectivity index (χ3v) is 3.08. The van der Waals surface area contributed by atoms with Crippen molar-refractivity contribution in [3.05, 3.63) is 66.1 Å². The lowest BCUT2D eigenvalue weighted by Gasteiger charge is -1.92. The Morgan fingerprint density at radius 3 is 2.40 bits per heavy atom. The summed E-state index contributed by atoms with van der Waals surface area (Å²) in [5, 5.41) is 1.26. The summed E-state index contributed by atoms with van der Waals surface area (Å²) in [7, 11) is 2.02. The van der Waals surface area contributed by atoms with Crippen LogP contribution >= 0.6 is 0 Å². The number of hydrogen-bond acceptors (Lipinski definition) is 0. The Kier molecular flexibility index (Phi) is 4.72. The topological polar surface area (TPSA) is 19.7 Å². The van der Waals surface area contributed by atoms with E-state index in [1.165, 1.54) is 22.0 Å². The molecule has 2 aromatic heterocycles. The molecule has 0 radical (unpaired) electrons. The first-order valence-corrected chi connectivity index (χ1v) is 7.02. The smallest absolute Gasteiger partial charge is 0.169 e. The van der Waals surface area contributed by atoms with Crippen LogP contribution in [0.5, 0.6) is 0 Å². The van der Waals surface area contributed by atoms with Crippen LogP contribution in [-0.2, 0) is 7.05 Å². The van der Waals surface area contributed by atoms with Crippen molar-refractivity contribution >= 4 is 23.1 Å². The first-order chi connectivity index (χ1) is 9.83. The van der Waals surface area contributed by atoms with Gasteiger partial charge in [-0.25, -0.2) is 4.57 Å². The van der Waals surface area contributed by atoms with Crippen LogP contribution in [0.2, 0.25) is 0 Å². The molecule has 0 saturated carbocycles. The highest BCUT2D eigenvalue weighted by Gasteiger charge is 1.99. The van der Waals surface area contributed by atoms with Crippen LogP contribution in [0.1, 0.15) is 25.0 Å². The van der Waals surface area contributed by atoms with Gasteiger partial charge in [-0.15, -0.1) is 0 Å². The molecule has 0 bridgehead atoms. The fourth-order valence-electron chi connectivity index (χ4n) is 2.04. The van der Waals surface area contributed by atoms with E-state index in [-0.39, 0.29) is 0 Å². The molecule has 3 aromatic rings. The minimum Gasteiger partial charge on any atom is -0.361 e. The van der Waals surface area contributed by atoms with E-state index < -0.39 is 0 Å². The van der Waals surface area contributed by atoms with E-state index in [1.54, 1.807) is 0 Å². The summed E-state index contributed by atoms with van der Waals surface area (Å²) in [6, 6.07) is 12.5. The minimum absolute atomic E-state index is 1.18. The zero-order chi connectivity index (χ0) is 14.4. The molecule has 0 atom stereocenters. The van der Waals surface area contributed by atoms with Crippen molar-refractivity contribution in [2.75, 3.05) is 0 Å². The minimum atomic E-state index is 1.18. The van der Waals surface area contributed by atoms with E-state index in [1.807, 2.05) is 37.7 Å². The largest absolute Gasteiger partial charge is 0.361 e. The highest BCUT2D eigenvalue weighted by atomic mass is 14.9. The number of para-hydroxylation sites is 1. The molecule has 0 amide bonds. The number of nitrogens with zero attached hydrogens (tertiary/aromatic N) is 1. The average molecular weight is 265 g/mol. The van der Waals surface area contributed by atoms with Crippen LogP contribution in [0.15, 0.2) is 55.0 Å². The number of aryl methyl sites for hydroxylation is 1. The first kappa shape index (κ1) is 14.1. The summed E-state index contributed by atoms with van der Waals surface area (Å²) < 4.78 is 2.03.